The van der Waals surface area contributed by atoms with E-state index in [1.807, 2.05) is 48.5 Å². The van der Waals surface area contributed by atoms with Gasteiger partial charge >= 0.3 is 0 Å². The molecule has 9 heteroatoms. The third-order valence-electron chi connectivity index (χ3n) is 7.86. The summed E-state index contributed by atoms with van der Waals surface area (Å²) < 4.78 is 2.20. The number of H-pyrrole nitrogens is 1. The Morgan fingerprint density at radius 2 is 1.64 bits per heavy atom. The van der Waals surface area contributed by atoms with Crippen LogP contribution < -0.4 is 16.8 Å². The van der Waals surface area contributed by atoms with Crippen molar-refractivity contribution >= 4 is 61.3 Å². The number of benzene rings is 3. The van der Waals surface area contributed by atoms with Gasteiger partial charge in [0.05, 0.1) is 28.2 Å². The lowest BCUT2D eigenvalue weighted by Crippen LogP contribution is -2.41. The minimum Gasteiger partial charge on any atom is -0.355 e. The summed E-state index contributed by atoms with van der Waals surface area (Å²) in [7, 11) is 1.54. The van der Waals surface area contributed by atoms with Gasteiger partial charge in [-0.1, -0.05) is 42.8 Å². The number of carbonyl (C=O) groups excluding carboxylic acids is 3. The summed E-state index contributed by atoms with van der Waals surface area (Å²) in [5, 5.41) is 6.36. The van der Waals surface area contributed by atoms with E-state index in [-0.39, 0.29) is 17.7 Å². The van der Waals surface area contributed by atoms with E-state index < -0.39 is 6.04 Å². The molecular weight excluding hydrogens is 492 g/mol. The molecular formula is C30H32N6O3. The molecule has 1 aliphatic heterocycles. The van der Waals surface area contributed by atoms with Crippen molar-refractivity contribution in [3.63, 3.8) is 0 Å². The smallest absolute Gasteiger partial charge is 0.262 e. The van der Waals surface area contributed by atoms with E-state index in [1.165, 1.54) is 4.90 Å². The van der Waals surface area contributed by atoms with E-state index in [0.29, 0.717) is 43.6 Å². The predicted molar refractivity (Wildman–Crippen MR) is 154 cm³/mol. The van der Waals surface area contributed by atoms with Crippen LogP contribution in [0.25, 0.3) is 43.6 Å². The molecule has 39 heavy (non-hydrogen) atoms. The molecule has 6 rings (SSSR count). The average molecular weight is 525 g/mol. The molecule has 0 aliphatic carbocycles. The Morgan fingerprint density at radius 1 is 0.949 bits per heavy atom. The number of rotatable bonds is 9. The number of para-hydroxylation sites is 2. The second-order valence-corrected chi connectivity index (χ2v) is 10.3. The third-order valence-corrected chi connectivity index (χ3v) is 7.86. The molecule has 0 saturated carbocycles. The van der Waals surface area contributed by atoms with Crippen LogP contribution in [0.4, 0.5) is 0 Å². The molecule has 2 aromatic heterocycles. The highest BCUT2D eigenvalue weighted by Gasteiger charge is 2.39. The topological polar surface area (TPSA) is 139 Å². The number of fused-ring (bicyclic) bond motifs is 10. The van der Waals surface area contributed by atoms with Crippen LogP contribution in [-0.2, 0) is 11.3 Å². The number of nitrogens with zero attached hydrogens (tertiary/aromatic N) is 2. The third kappa shape index (κ3) is 3.88. The van der Waals surface area contributed by atoms with Crippen LogP contribution in [0.5, 0.6) is 0 Å². The number of imide groups is 1. The molecule has 0 fully saturated rings. The lowest BCUT2D eigenvalue weighted by molar-refractivity contribution is -0.122. The SMILES string of the molecule is CN1C(=O)c2c(c3c4ccccc4n(CCCNC(=O)[C@@H](N)CCCCN)c3c3[nH]c4ccccc4c23)C1=O. The number of hydrogen-bond donors (Lipinski definition) is 4. The maximum Gasteiger partial charge on any atom is 0.262 e. The van der Waals surface area contributed by atoms with Gasteiger partial charge in [0.15, 0.2) is 0 Å². The Kier molecular flexibility index (Phi) is 6.32. The monoisotopic (exact) mass is 524 g/mol. The van der Waals surface area contributed by atoms with Gasteiger partial charge in [-0.05, 0) is 37.9 Å². The summed E-state index contributed by atoms with van der Waals surface area (Å²) >= 11 is 0. The van der Waals surface area contributed by atoms with Gasteiger partial charge in [-0.2, -0.15) is 0 Å². The van der Waals surface area contributed by atoms with Crippen LogP contribution in [0.15, 0.2) is 48.5 Å². The molecule has 6 N–H and O–H groups in total. The van der Waals surface area contributed by atoms with Gasteiger partial charge in [-0.3, -0.25) is 19.3 Å². The second-order valence-electron chi connectivity index (χ2n) is 10.3. The number of hydrogen-bond acceptors (Lipinski definition) is 5. The second kappa shape index (κ2) is 9.83. The fourth-order valence-corrected chi connectivity index (χ4v) is 5.95. The zero-order valence-electron chi connectivity index (χ0n) is 21.9. The number of carbonyl (C=O) groups is 3. The Hall–Kier alpha value is -4.21. The van der Waals surface area contributed by atoms with Crippen molar-refractivity contribution in [2.24, 2.45) is 11.5 Å². The van der Waals surface area contributed by atoms with Gasteiger partial charge in [0, 0.05) is 52.7 Å². The molecule has 0 bridgehead atoms. The van der Waals surface area contributed by atoms with Crippen LogP contribution >= 0.6 is 0 Å². The Bertz CT molecular complexity index is 1780. The number of unbranched alkanes of at least 4 members (excludes halogenated alkanes) is 1. The fraction of sp³-hybridized carbons (Fsp3) is 0.300. The highest BCUT2D eigenvalue weighted by molar-refractivity contribution is 6.39. The normalized spacial score (nSPS) is 14.3. The minimum atomic E-state index is -0.543. The first kappa shape index (κ1) is 25.1. The quantitative estimate of drug-likeness (QED) is 0.172. The molecule has 200 valence electrons. The maximum atomic E-state index is 13.5. The number of nitrogens with two attached hydrogens (primary N) is 2. The lowest BCUT2D eigenvalue weighted by Gasteiger charge is -2.13. The van der Waals surface area contributed by atoms with E-state index >= 15 is 0 Å². The van der Waals surface area contributed by atoms with Gasteiger partial charge in [0.25, 0.3) is 11.8 Å². The molecule has 1 atom stereocenters. The zero-order chi connectivity index (χ0) is 27.3. The summed E-state index contributed by atoms with van der Waals surface area (Å²) in [5.41, 5.74) is 16.1. The van der Waals surface area contributed by atoms with Crippen molar-refractivity contribution in [3.8, 4) is 0 Å². The van der Waals surface area contributed by atoms with Crippen molar-refractivity contribution < 1.29 is 14.4 Å². The highest BCUT2D eigenvalue weighted by Crippen LogP contribution is 2.44. The standard InChI is InChI=1S/C30H32N6O3/c1-35-29(38)24-22-17-9-2-4-12-20(17)34-26(22)27-23(25(24)30(35)39)18-10-3-5-13-21(18)36(27)16-8-15-33-28(37)19(32)11-6-7-14-31/h2-5,9-10,12-13,19,34H,6-8,11,14-16,31-32H2,1H3,(H,33,37)/t19-/m0/s1. The van der Waals surface area contributed by atoms with Crippen LogP contribution in [0.1, 0.15) is 46.4 Å². The van der Waals surface area contributed by atoms with Crippen LogP contribution in [0.2, 0.25) is 0 Å². The first-order valence-electron chi connectivity index (χ1n) is 13.5. The van der Waals surface area contributed by atoms with Gasteiger partial charge in [-0.15, -0.1) is 0 Å². The fourth-order valence-electron chi connectivity index (χ4n) is 5.95. The van der Waals surface area contributed by atoms with Gasteiger partial charge < -0.3 is 26.3 Å². The number of nitrogens with one attached hydrogen (secondary N) is 2. The molecule has 9 nitrogen and oxygen atoms in total. The summed E-state index contributed by atoms with van der Waals surface area (Å²) in [5.74, 6) is -0.725. The Morgan fingerprint density at radius 3 is 2.41 bits per heavy atom. The molecule has 3 amide bonds. The van der Waals surface area contributed by atoms with E-state index in [1.54, 1.807) is 7.05 Å². The van der Waals surface area contributed by atoms with Crippen molar-refractivity contribution in [3.05, 3.63) is 59.7 Å². The summed E-state index contributed by atoms with van der Waals surface area (Å²) in [4.78, 5) is 44.1. The summed E-state index contributed by atoms with van der Waals surface area (Å²) in [6.07, 6.45) is 2.96. The molecule has 3 aromatic carbocycles. The lowest BCUT2D eigenvalue weighted by atomic mass is 9.97. The van der Waals surface area contributed by atoms with Gasteiger partial charge in [-0.25, -0.2) is 0 Å². The van der Waals surface area contributed by atoms with E-state index in [4.69, 9.17) is 11.5 Å². The number of aromatic amines is 1. The Labute approximate surface area is 225 Å². The summed E-state index contributed by atoms with van der Waals surface area (Å²) in [6.45, 7) is 1.67. The van der Waals surface area contributed by atoms with Crippen molar-refractivity contribution in [1.29, 1.82) is 0 Å². The molecule has 0 radical (unpaired) electrons. The van der Waals surface area contributed by atoms with E-state index in [2.05, 4.69) is 14.9 Å². The zero-order valence-corrected chi connectivity index (χ0v) is 21.9. The van der Waals surface area contributed by atoms with Crippen LogP contribution in [0.3, 0.4) is 0 Å². The average Bonchev–Trinajstić information content (AvgIpc) is 3.56. The first-order valence-corrected chi connectivity index (χ1v) is 13.5. The largest absolute Gasteiger partial charge is 0.355 e. The van der Waals surface area contributed by atoms with Gasteiger partial charge in [0.2, 0.25) is 5.91 Å². The Balaban J connectivity index is 1.45. The maximum absolute atomic E-state index is 13.5. The highest BCUT2D eigenvalue weighted by atomic mass is 16.2. The molecule has 0 saturated heterocycles. The van der Waals surface area contributed by atoms with Crippen molar-refractivity contribution in [1.82, 2.24) is 19.8 Å². The van der Waals surface area contributed by atoms with E-state index in [0.717, 1.165) is 56.5 Å². The van der Waals surface area contributed by atoms with E-state index in [9.17, 15) is 14.4 Å². The molecule has 5 aromatic rings. The number of amides is 3. The molecule has 0 spiro atoms. The molecule has 0 unspecified atom stereocenters. The van der Waals surface area contributed by atoms with Crippen LogP contribution in [0, 0.1) is 0 Å². The first-order chi connectivity index (χ1) is 18.9. The van der Waals surface area contributed by atoms with Crippen LogP contribution in [-0.4, -0.2) is 58.4 Å². The number of aromatic nitrogens is 2. The summed E-state index contributed by atoms with van der Waals surface area (Å²) in [6, 6.07) is 15.3. The van der Waals surface area contributed by atoms with Crippen molar-refractivity contribution in [2.45, 2.75) is 38.3 Å². The number of aryl methyl sites for hydroxylation is 1. The minimum absolute atomic E-state index is 0.155. The van der Waals surface area contributed by atoms with Crippen molar-refractivity contribution in [2.75, 3.05) is 20.1 Å². The predicted octanol–water partition coefficient (Wildman–Crippen LogP) is 3.62. The van der Waals surface area contributed by atoms with Gasteiger partial charge in [0.1, 0.15) is 0 Å². The molecule has 1 aliphatic rings. The molecule has 3 heterocycles.